The molecule has 1 saturated heterocycles. The number of carbonyl (C=O) groups excluding carboxylic acids is 1. The smallest absolute Gasteiger partial charge is 0.269 e. The molecule has 116 valence electrons. The van der Waals surface area contributed by atoms with Crippen molar-refractivity contribution in [3.8, 4) is 0 Å². The molecule has 1 aliphatic rings. The molecule has 1 aromatic heterocycles. The van der Waals surface area contributed by atoms with E-state index in [0.29, 0.717) is 12.2 Å². The maximum Gasteiger partial charge on any atom is 0.269 e. The summed E-state index contributed by atoms with van der Waals surface area (Å²) in [6.45, 7) is 4.20. The molecule has 0 atom stereocenters. The summed E-state index contributed by atoms with van der Waals surface area (Å²) in [5.74, 6) is -0.0793. The first kappa shape index (κ1) is 15.0. The van der Waals surface area contributed by atoms with Crippen molar-refractivity contribution in [2.75, 3.05) is 26.2 Å². The summed E-state index contributed by atoms with van der Waals surface area (Å²) < 4.78 is 0. The SMILES string of the molecule is O=C(NCCCN1CCCCC1)c1ccc2ccccc2n1. The van der Waals surface area contributed by atoms with Gasteiger partial charge in [-0.2, -0.15) is 0 Å². The zero-order chi connectivity index (χ0) is 15.2. The molecule has 3 rings (SSSR count). The molecular formula is C18H23N3O. The van der Waals surface area contributed by atoms with Crippen molar-refractivity contribution in [3.05, 3.63) is 42.1 Å². The predicted octanol–water partition coefficient (Wildman–Crippen LogP) is 2.84. The van der Waals surface area contributed by atoms with E-state index in [0.717, 1.165) is 23.9 Å². The second-order valence-electron chi connectivity index (χ2n) is 5.90. The van der Waals surface area contributed by atoms with Crippen LogP contribution in [0.4, 0.5) is 0 Å². The highest BCUT2D eigenvalue weighted by Gasteiger charge is 2.10. The van der Waals surface area contributed by atoms with Crippen molar-refractivity contribution in [3.63, 3.8) is 0 Å². The number of nitrogens with zero attached hydrogens (tertiary/aromatic N) is 2. The summed E-state index contributed by atoms with van der Waals surface area (Å²) in [5.41, 5.74) is 1.36. The molecule has 1 N–H and O–H groups in total. The van der Waals surface area contributed by atoms with Crippen molar-refractivity contribution in [1.82, 2.24) is 15.2 Å². The first-order valence-corrected chi connectivity index (χ1v) is 8.19. The Hall–Kier alpha value is -1.94. The summed E-state index contributed by atoms with van der Waals surface area (Å²) in [6, 6.07) is 11.6. The van der Waals surface area contributed by atoms with Crippen molar-refractivity contribution in [2.24, 2.45) is 0 Å². The van der Waals surface area contributed by atoms with E-state index in [2.05, 4.69) is 15.2 Å². The molecular weight excluding hydrogens is 274 g/mol. The number of amides is 1. The van der Waals surface area contributed by atoms with E-state index in [4.69, 9.17) is 0 Å². The summed E-state index contributed by atoms with van der Waals surface area (Å²) in [6.07, 6.45) is 4.99. The highest BCUT2D eigenvalue weighted by Crippen LogP contribution is 2.12. The number of para-hydroxylation sites is 1. The molecule has 0 saturated carbocycles. The summed E-state index contributed by atoms with van der Waals surface area (Å²) >= 11 is 0. The van der Waals surface area contributed by atoms with Crippen LogP contribution in [0.25, 0.3) is 10.9 Å². The topological polar surface area (TPSA) is 45.2 Å². The average molecular weight is 297 g/mol. The van der Waals surface area contributed by atoms with Crippen LogP contribution >= 0.6 is 0 Å². The number of hydrogen-bond donors (Lipinski definition) is 1. The third-order valence-electron chi connectivity index (χ3n) is 4.22. The minimum absolute atomic E-state index is 0.0793. The molecule has 2 aromatic rings. The van der Waals surface area contributed by atoms with E-state index >= 15 is 0 Å². The Bertz CT molecular complexity index is 635. The Labute approximate surface area is 131 Å². The third-order valence-corrected chi connectivity index (χ3v) is 4.22. The number of hydrogen-bond acceptors (Lipinski definition) is 3. The number of pyridine rings is 1. The van der Waals surface area contributed by atoms with Gasteiger partial charge in [-0.1, -0.05) is 30.7 Å². The van der Waals surface area contributed by atoms with Crippen LogP contribution in [0.3, 0.4) is 0 Å². The first-order valence-electron chi connectivity index (χ1n) is 8.19. The average Bonchev–Trinajstić information content (AvgIpc) is 2.59. The van der Waals surface area contributed by atoms with E-state index in [9.17, 15) is 4.79 Å². The van der Waals surface area contributed by atoms with Gasteiger partial charge in [-0.3, -0.25) is 4.79 Å². The Kier molecular flexibility index (Phi) is 5.01. The van der Waals surface area contributed by atoms with Gasteiger partial charge >= 0.3 is 0 Å². The third kappa shape index (κ3) is 3.83. The molecule has 0 radical (unpaired) electrons. The molecule has 22 heavy (non-hydrogen) atoms. The van der Waals surface area contributed by atoms with Gasteiger partial charge in [0.05, 0.1) is 5.52 Å². The van der Waals surface area contributed by atoms with Gasteiger partial charge in [0.15, 0.2) is 0 Å². The predicted molar refractivity (Wildman–Crippen MR) is 89.0 cm³/mol. The standard InChI is InChI=1S/C18H23N3O/c22-18(19-11-6-14-21-12-4-1-5-13-21)17-10-9-15-7-2-3-8-16(15)20-17/h2-3,7-10H,1,4-6,11-14H2,(H,19,22). The lowest BCUT2D eigenvalue weighted by molar-refractivity contribution is 0.0946. The lowest BCUT2D eigenvalue weighted by atomic mass is 10.1. The fraction of sp³-hybridized carbons (Fsp3) is 0.444. The van der Waals surface area contributed by atoms with Gasteiger partial charge in [-0.25, -0.2) is 4.98 Å². The molecule has 1 fully saturated rings. The highest BCUT2D eigenvalue weighted by molar-refractivity contribution is 5.94. The Balaban J connectivity index is 1.48. The van der Waals surface area contributed by atoms with Gasteiger partial charge in [0.2, 0.25) is 0 Å². The summed E-state index contributed by atoms with van der Waals surface area (Å²) in [5, 5.41) is 4.03. The van der Waals surface area contributed by atoms with Gasteiger partial charge < -0.3 is 10.2 Å². The molecule has 0 spiro atoms. The molecule has 1 amide bonds. The minimum Gasteiger partial charge on any atom is -0.351 e. The van der Waals surface area contributed by atoms with Crippen LogP contribution < -0.4 is 5.32 Å². The van der Waals surface area contributed by atoms with E-state index in [1.807, 2.05) is 30.3 Å². The van der Waals surface area contributed by atoms with Crippen molar-refractivity contribution < 1.29 is 4.79 Å². The zero-order valence-electron chi connectivity index (χ0n) is 12.9. The van der Waals surface area contributed by atoms with Gasteiger partial charge in [-0.05, 0) is 51.0 Å². The largest absolute Gasteiger partial charge is 0.351 e. The normalized spacial score (nSPS) is 15.8. The van der Waals surface area contributed by atoms with Crippen LogP contribution in [0, 0.1) is 0 Å². The lowest BCUT2D eigenvalue weighted by Gasteiger charge is -2.26. The van der Waals surface area contributed by atoms with E-state index in [1.54, 1.807) is 6.07 Å². The molecule has 4 nitrogen and oxygen atoms in total. The molecule has 0 unspecified atom stereocenters. The maximum atomic E-state index is 12.2. The maximum absolute atomic E-state index is 12.2. The second-order valence-corrected chi connectivity index (χ2v) is 5.90. The highest BCUT2D eigenvalue weighted by atomic mass is 16.1. The molecule has 4 heteroatoms. The fourth-order valence-electron chi connectivity index (χ4n) is 2.97. The van der Waals surface area contributed by atoms with Crippen LogP contribution in [0.1, 0.15) is 36.2 Å². The monoisotopic (exact) mass is 297 g/mol. The van der Waals surface area contributed by atoms with Crippen LogP contribution in [-0.2, 0) is 0 Å². The number of piperidine rings is 1. The number of benzene rings is 1. The van der Waals surface area contributed by atoms with Crippen LogP contribution in [0.5, 0.6) is 0 Å². The number of likely N-dealkylation sites (tertiary alicyclic amines) is 1. The number of carbonyl (C=O) groups is 1. The minimum atomic E-state index is -0.0793. The van der Waals surface area contributed by atoms with E-state index < -0.39 is 0 Å². The van der Waals surface area contributed by atoms with Gasteiger partial charge in [0, 0.05) is 11.9 Å². The Morgan fingerprint density at radius 2 is 1.91 bits per heavy atom. The van der Waals surface area contributed by atoms with E-state index in [1.165, 1.54) is 32.4 Å². The number of fused-ring (bicyclic) bond motifs is 1. The van der Waals surface area contributed by atoms with Crippen molar-refractivity contribution >= 4 is 16.8 Å². The molecule has 1 aliphatic heterocycles. The molecule has 0 aliphatic carbocycles. The fourth-order valence-corrected chi connectivity index (χ4v) is 2.97. The zero-order valence-corrected chi connectivity index (χ0v) is 12.9. The second kappa shape index (κ2) is 7.36. The molecule has 0 bridgehead atoms. The first-order chi connectivity index (χ1) is 10.8. The molecule has 2 heterocycles. The Morgan fingerprint density at radius 3 is 2.77 bits per heavy atom. The quantitative estimate of drug-likeness (QED) is 0.863. The van der Waals surface area contributed by atoms with Gasteiger partial charge in [0.1, 0.15) is 5.69 Å². The number of rotatable bonds is 5. The van der Waals surface area contributed by atoms with E-state index in [-0.39, 0.29) is 5.91 Å². The van der Waals surface area contributed by atoms with Gasteiger partial charge in [-0.15, -0.1) is 0 Å². The summed E-state index contributed by atoms with van der Waals surface area (Å²) in [4.78, 5) is 19.1. The van der Waals surface area contributed by atoms with Crippen molar-refractivity contribution in [2.45, 2.75) is 25.7 Å². The van der Waals surface area contributed by atoms with Crippen LogP contribution in [0.15, 0.2) is 36.4 Å². The number of nitrogens with one attached hydrogen (secondary N) is 1. The Morgan fingerprint density at radius 1 is 1.09 bits per heavy atom. The van der Waals surface area contributed by atoms with Crippen LogP contribution in [0.2, 0.25) is 0 Å². The van der Waals surface area contributed by atoms with Crippen molar-refractivity contribution in [1.29, 1.82) is 0 Å². The van der Waals surface area contributed by atoms with Gasteiger partial charge in [0.25, 0.3) is 5.91 Å². The van der Waals surface area contributed by atoms with Crippen LogP contribution in [-0.4, -0.2) is 42.0 Å². The molecule has 1 aromatic carbocycles. The number of aromatic nitrogens is 1. The summed E-state index contributed by atoms with van der Waals surface area (Å²) in [7, 11) is 0. The lowest BCUT2D eigenvalue weighted by Crippen LogP contribution is -2.33.